The van der Waals surface area contributed by atoms with Gasteiger partial charge in [-0.1, -0.05) is 6.07 Å². The lowest BCUT2D eigenvalue weighted by Gasteiger charge is -2.21. The lowest BCUT2D eigenvalue weighted by Crippen LogP contribution is -2.20. The zero-order valence-corrected chi connectivity index (χ0v) is 12.5. The molecule has 0 spiro atoms. The molecular weight excluding hydrogens is 279 g/mol. The molecule has 2 atom stereocenters. The van der Waals surface area contributed by atoms with Crippen LogP contribution in [0.3, 0.4) is 0 Å². The van der Waals surface area contributed by atoms with Crippen molar-refractivity contribution in [3.63, 3.8) is 0 Å². The van der Waals surface area contributed by atoms with E-state index in [1.807, 2.05) is 7.05 Å². The van der Waals surface area contributed by atoms with E-state index in [9.17, 15) is 13.2 Å². The molecular formula is C16H22F3NO. The van der Waals surface area contributed by atoms with Crippen LogP contribution in [-0.4, -0.2) is 19.8 Å². The number of aryl methyl sites for hydroxylation is 1. The maximum Gasteiger partial charge on any atom is 0.416 e. The van der Waals surface area contributed by atoms with Gasteiger partial charge in [0.05, 0.1) is 11.7 Å². The minimum atomic E-state index is -4.28. The molecule has 1 N–H and O–H groups in total. The minimum Gasteiger partial charge on any atom is -0.378 e. The van der Waals surface area contributed by atoms with Crippen LogP contribution in [-0.2, 0) is 10.9 Å². The largest absolute Gasteiger partial charge is 0.416 e. The molecule has 0 aliphatic carbocycles. The van der Waals surface area contributed by atoms with E-state index in [4.69, 9.17) is 4.74 Å². The Bertz CT molecular complexity index is 467. The molecule has 0 bridgehead atoms. The van der Waals surface area contributed by atoms with Gasteiger partial charge in [-0.2, -0.15) is 13.2 Å². The van der Waals surface area contributed by atoms with Gasteiger partial charge in [0.1, 0.15) is 0 Å². The van der Waals surface area contributed by atoms with Crippen LogP contribution < -0.4 is 5.32 Å². The molecule has 21 heavy (non-hydrogen) atoms. The summed E-state index contributed by atoms with van der Waals surface area (Å²) < 4.78 is 43.7. The number of rotatable bonds is 5. The third kappa shape index (κ3) is 4.20. The second-order valence-corrected chi connectivity index (χ2v) is 5.62. The Hall–Kier alpha value is -1.07. The molecule has 1 saturated heterocycles. The van der Waals surface area contributed by atoms with E-state index in [-0.39, 0.29) is 6.04 Å². The van der Waals surface area contributed by atoms with Crippen LogP contribution in [0, 0.1) is 6.92 Å². The summed E-state index contributed by atoms with van der Waals surface area (Å²) >= 11 is 0. The molecule has 0 saturated carbocycles. The fraction of sp³-hybridized carbons (Fsp3) is 0.625. The Morgan fingerprint density at radius 3 is 2.67 bits per heavy atom. The van der Waals surface area contributed by atoms with Crippen molar-refractivity contribution in [1.29, 1.82) is 0 Å². The van der Waals surface area contributed by atoms with Crippen molar-refractivity contribution in [2.75, 3.05) is 13.7 Å². The topological polar surface area (TPSA) is 21.3 Å². The van der Waals surface area contributed by atoms with Crippen LogP contribution >= 0.6 is 0 Å². The SMILES string of the molecule is CNC(CCC1CCCO1)c1ccc(C(F)(F)F)cc1C. The minimum absolute atomic E-state index is 0.0662. The van der Waals surface area contributed by atoms with Gasteiger partial charge in [0.2, 0.25) is 0 Å². The zero-order chi connectivity index (χ0) is 15.5. The highest BCUT2D eigenvalue weighted by Crippen LogP contribution is 2.33. The van der Waals surface area contributed by atoms with E-state index in [1.54, 1.807) is 13.0 Å². The van der Waals surface area contributed by atoms with Gasteiger partial charge in [-0.25, -0.2) is 0 Å². The van der Waals surface area contributed by atoms with E-state index >= 15 is 0 Å². The Balaban J connectivity index is 2.06. The monoisotopic (exact) mass is 301 g/mol. The highest BCUT2D eigenvalue weighted by molar-refractivity contribution is 5.34. The Morgan fingerprint density at radius 1 is 1.38 bits per heavy atom. The van der Waals surface area contributed by atoms with Crippen LogP contribution in [0.4, 0.5) is 13.2 Å². The molecule has 0 aromatic heterocycles. The maximum atomic E-state index is 12.7. The van der Waals surface area contributed by atoms with E-state index in [0.717, 1.165) is 37.9 Å². The summed E-state index contributed by atoms with van der Waals surface area (Å²) in [6, 6.07) is 4.05. The molecule has 0 radical (unpaired) electrons. The van der Waals surface area contributed by atoms with E-state index in [0.29, 0.717) is 11.7 Å². The predicted molar refractivity (Wildman–Crippen MR) is 76.2 cm³/mol. The fourth-order valence-corrected chi connectivity index (χ4v) is 2.92. The summed E-state index contributed by atoms with van der Waals surface area (Å²) in [6.45, 7) is 2.56. The summed E-state index contributed by atoms with van der Waals surface area (Å²) in [5.41, 5.74) is 1.03. The van der Waals surface area contributed by atoms with Crippen LogP contribution in [0.15, 0.2) is 18.2 Å². The predicted octanol–water partition coefficient (Wildman–Crippen LogP) is 4.23. The molecule has 1 aromatic rings. The van der Waals surface area contributed by atoms with Gasteiger partial charge in [-0.15, -0.1) is 0 Å². The van der Waals surface area contributed by atoms with Gasteiger partial charge in [0.25, 0.3) is 0 Å². The number of hydrogen-bond donors (Lipinski definition) is 1. The first-order valence-electron chi connectivity index (χ1n) is 7.38. The molecule has 1 aliphatic rings. The third-order valence-corrected chi connectivity index (χ3v) is 4.12. The number of alkyl halides is 3. The lowest BCUT2D eigenvalue weighted by molar-refractivity contribution is -0.137. The normalized spacial score (nSPS) is 20.7. The Kier molecular flexibility index (Phi) is 5.27. The van der Waals surface area contributed by atoms with Crippen molar-refractivity contribution in [3.05, 3.63) is 34.9 Å². The van der Waals surface area contributed by atoms with E-state index in [1.165, 1.54) is 12.1 Å². The van der Waals surface area contributed by atoms with Gasteiger partial charge in [0.15, 0.2) is 0 Å². The number of halogens is 3. The van der Waals surface area contributed by atoms with Gasteiger partial charge < -0.3 is 10.1 Å². The fourth-order valence-electron chi connectivity index (χ4n) is 2.92. The molecule has 1 fully saturated rings. The molecule has 5 heteroatoms. The third-order valence-electron chi connectivity index (χ3n) is 4.12. The molecule has 0 amide bonds. The van der Waals surface area contributed by atoms with Crippen molar-refractivity contribution in [1.82, 2.24) is 5.32 Å². The highest BCUT2D eigenvalue weighted by Gasteiger charge is 2.31. The smallest absolute Gasteiger partial charge is 0.378 e. The molecule has 1 aromatic carbocycles. The Morgan fingerprint density at radius 2 is 2.14 bits per heavy atom. The molecule has 2 nitrogen and oxygen atoms in total. The van der Waals surface area contributed by atoms with Gasteiger partial charge >= 0.3 is 6.18 Å². The number of ether oxygens (including phenoxy) is 1. The lowest BCUT2D eigenvalue weighted by atomic mass is 9.94. The standard InChI is InChI=1S/C16H22F3NO/c1-11-10-12(16(17,18)19)5-7-14(11)15(20-2)8-6-13-4-3-9-21-13/h5,7,10,13,15,20H,3-4,6,8-9H2,1-2H3. The van der Waals surface area contributed by atoms with Crippen LogP contribution in [0.1, 0.15) is 48.4 Å². The van der Waals surface area contributed by atoms with Crippen molar-refractivity contribution >= 4 is 0 Å². The summed E-state index contributed by atoms with van der Waals surface area (Å²) in [7, 11) is 1.84. The summed E-state index contributed by atoms with van der Waals surface area (Å²) in [5, 5.41) is 3.20. The van der Waals surface area contributed by atoms with Crippen molar-refractivity contribution in [2.45, 2.75) is 50.9 Å². The number of nitrogens with one attached hydrogen (secondary N) is 1. The van der Waals surface area contributed by atoms with Gasteiger partial charge in [-0.05, 0) is 62.9 Å². The van der Waals surface area contributed by atoms with E-state index < -0.39 is 11.7 Å². The quantitative estimate of drug-likeness (QED) is 0.878. The second-order valence-electron chi connectivity index (χ2n) is 5.62. The molecule has 2 rings (SSSR count). The van der Waals surface area contributed by atoms with Crippen LogP contribution in [0.5, 0.6) is 0 Å². The van der Waals surface area contributed by atoms with Crippen LogP contribution in [0.25, 0.3) is 0 Å². The van der Waals surface area contributed by atoms with E-state index in [2.05, 4.69) is 5.32 Å². The maximum absolute atomic E-state index is 12.7. The summed E-state index contributed by atoms with van der Waals surface area (Å²) in [5.74, 6) is 0. The average Bonchev–Trinajstić information content (AvgIpc) is 2.93. The van der Waals surface area contributed by atoms with Crippen molar-refractivity contribution in [3.8, 4) is 0 Å². The first-order chi connectivity index (χ1) is 9.91. The first-order valence-corrected chi connectivity index (χ1v) is 7.38. The zero-order valence-electron chi connectivity index (χ0n) is 12.5. The molecule has 2 unspecified atom stereocenters. The summed E-state index contributed by atoms with van der Waals surface area (Å²) in [4.78, 5) is 0. The molecule has 1 aliphatic heterocycles. The first kappa shape index (κ1) is 16.3. The summed E-state index contributed by atoms with van der Waals surface area (Å²) in [6.07, 6.45) is 0.0159. The van der Waals surface area contributed by atoms with Crippen molar-refractivity contribution in [2.24, 2.45) is 0 Å². The number of benzene rings is 1. The molecule has 1 heterocycles. The average molecular weight is 301 g/mol. The van der Waals surface area contributed by atoms with Crippen molar-refractivity contribution < 1.29 is 17.9 Å². The second kappa shape index (κ2) is 6.79. The van der Waals surface area contributed by atoms with Gasteiger partial charge in [0, 0.05) is 12.6 Å². The number of hydrogen-bond acceptors (Lipinski definition) is 2. The molecule has 118 valence electrons. The highest BCUT2D eigenvalue weighted by atomic mass is 19.4. The Labute approximate surface area is 123 Å². The van der Waals surface area contributed by atoms with Crippen LogP contribution in [0.2, 0.25) is 0 Å². The van der Waals surface area contributed by atoms with Gasteiger partial charge in [-0.3, -0.25) is 0 Å².